The number of hydrogen-bond donors (Lipinski definition) is 2. The van der Waals surface area contributed by atoms with Gasteiger partial charge in [0.05, 0.1) is 12.7 Å². The van der Waals surface area contributed by atoms with Crippen LogP contribution in [0.1, 0.15) is 19.3 Å². The van der Waals surface area contributed by atoms with Crippen molar-refractivity contribution in [2.24, 2.45) is 5.73 Å². The van der Waals surface area contributed by atoms with E-state index in [9.17, 15) is 0 Å². The van der Waals surface area contributed by atoms with Gasteiger partial charge < -0.3 is 5.73 Å². The highest BCUT2D eigenvalue weighted by Crippen LogP contribution is 2.20. The molecule has 0 aromatic rings. The average Bonchev–Trinajstić information content (AvgIpc) is 2.04. The van der Waals surface area contributed by atoms with E-state index in [2.05, 4.69) is 16.8 Å². The Hall–Kier alpha value is -0.120. The summed E-state index contributed by atoms with van der Waals surface area (Å²) in [6.45, 7) is 4.41. The maximum Gasteiger partial charge on any atom is 0.0724 e. The quantitative estimate of drug-likeness (QED) is 0.511. The highest BCUT2D eigenvalue weighted by atomic mass is 15.3. The Morgan fingerprint density at radius 3 is 3.27 bits per heavy atom. The lowest BCUT2D eigenvalue weighted by molar-refractivity contribution is 0.137. The van der Waals surface area contributed by atoms with E-state index in [1.165, 1.54) is 25.8 Å². The summed E-state index contributed by atoms with van der Waals surface area (Å²) in [6.07, 6.45) is 4.13. The van der Waals surface area contributed by atoms with Crippen LogP contribution in [0.2, 0.25) is 0 Å². The molecule has 3 heteroatoms. The zero-order valence-corrected chi connectivity index (χ0v) is 6.79. The van der Waals surface area contributed by atoms with Crippen molar-refractivity contribution in [3.05, 3.63) is 6.54 Å². The molecule has 2 saturated heterocycles. The number of nitrogens with one attached hydrogen (secondary N) is 1. The van der Waals surface area contributed by atoms with Gasteiger partial charge in [0.1, 0.15) is 0 Å². The zero-order valence-electron chi connectivity index (χ0n) is 6.79. The second-order valence-corrected chi connectivity index (χ2v) is 3.47. The monoisotopic (exact) mass is 154 g/mol. The summed E-state index contributed by atoms with van der Waals surface area (Å²) in [6, 6.07) is 0.726. The van der Waals surface area contributed by atoms with E-state index in [1.807, 2.05) is 0 Å². The van der Waals surface area contributed by atoms with E-state index in [-0.39, 0.29) is 6.17 Å². The van der Waals surface area contributed by atoms with Crippen LogP contribution in [0.3, 0.4) is 0 Å². The molecule has 0 aromatic heterocycles. The molecular weight excluding hydrogens is 138 g/mol. The zero-order chi connectivity index (χ0) is 7.68. The van der Waals surface area contributed by atoms with Crippen molar-refractivity contribution in [2.75, 3.05) is 13.1 Å². The van der Waals surface area contributed by atoms with Gasteiger partial charge in [-0.05, 0) is 19.4 Å². The minimum atomic E-state index is 0.0874. The molecule has 0 aromatic carbocycles. The first-order valence-electron chi connectivity index (χ1n) is 4.46. The molecule has 11 heavy (non-hydrogen) atoms. The van der Waals surface area contributed by atoms with Crippen LogP contribution in [0, 0.1) is 6.54 Å². The van der Waals surface area contributed by atoms with Crippen molar-refractivity contribution >= 4 is 0 Å². The number of rotatable bonds is 0. The van der Waals surface area contributed by atoms with Crippen molar-refractivity contribution < 1.29 is 0 Å². The third-order valence-corrected chi connectivity index (χ3v) is 2.61. The van der Waals surface area contributed by atoms with E-state index in [4.69, 9.17) is 5.73 Å². The topological polar surface area (TPSA) is 41.3 Å². The van der Waals surface area contributed by atoms with Gasteiger partial charge in [0, 0.05) is 12.6 Å². The van der Waals surface area contributed by atoms with Gasteiger partial charge in [0.15, 0.2) is 0 Å². The Morgan fingerprint density at radius 2 is 2.36 bits per heavy atom. The van der Waals surface area contributed by atoms with Crippen molar-refractivity contribution in [2.45, 2.75) is 31.5 Å². The number of fused-ring (bicyclic) bond motifs is 1. The number of piperidine rings is 1. The molecule has 0 aliphatic carbocycles. The summed E-state index contributed by atoms with van der Waals surface area (Å²) in [5, 5.41) is 3.26. The first-order chi connectivity index (χ1) is 5.36. The van der Waals surface area contributed by atoms with Gasteiger partial charge in [-0.15, -0.1) is 0 Å². The van der Waals surface area contributed by atoms with E-state index in [0.717, 1.165) is 12.6 Å². The molecule has 1 radical (unpaired) electrons. The molecule has 2 heterocycles. The lowest BCUT2D eigenvalue weighted by Gasteiger charge is -2.41. The highest BCUT2D eigenvalue weighted by Gasteiger charge is 2.27. The van der Waals surface area contributed by atoms with Gasteiger partial charge in [0.25, 0.3) is 0 Å². The third-order valence-electron chi connectivity index (χ3n) is 2.61. The summed E-state index contributed by atoms with van der Waals surface area (Å²) in [7, 11) is 0. The summed E-state index contributed by atoms with van der Waals surface area (Å²) in [5.74, 6) is 0. The summed E-state index contributed by atoms with van der Waals surface area (Å²) in [5.41, 5.74) is 5.73. The smallest absolute Gasteiger partial charge is 0.0724 e. The molecule has 2 atom stereocenters. The Labute approximate surface area is 67.9 Å². The molecule has 2 aliphatic rings. The van der Waals surface area contributed by atoms with Gasteiger partial charge >= 0.3 is 0 Å². The minimum absolute atomic E-state index is 0.0874. The molecular formula is C8H16N3. The summed E-state index contributed by atoms with van der Waals surface area (Å²) in [4.78, 5) is 2.41. The van der Waals surface area contributed by atoms with Crippen LogP contribution >= 0.6 is 0 Å². The minimum Gasteiger partial charge on any atom is -0.315 e. The highest BCUT2D eigenvalue weighted by molar-refractivity contribution is 4.93. The van der Waals surface area contributed by atoms with Crippen LogP contribution in [-0.4, -0.2) is 30.2 Å². The van der Waals surface area contributed by atoms with E-state index < -0.39 is 0 Å². The average molecular weight is 154 g/mol. The molecule has 0 spiro atoms. The van der Waals surface area contributed by atoms with Crippen molar-refractivity contribution in [1.82, 2.24) is 10.2 Å². The molecule has 3 N–H and O–H groups in total. The predicted molar refractivity (Wildman–Crippen MR) is 44.6 cm³/mol. The van der Waals surface area contributed by atoms with Crippen LogP contribution in [0.5, 0.6) is 0 Å². The fourth-order valence-corrected chi connectivity index (χ4v) is 1.97. The Kier molecular flexibility index (Phi) is 2.11. The molecule has 3 nitrogen and oxygen atoms in total. The van der Waals surface area contributed by atoms with E-state index in [1.54, 1.807) is 0 Å². The van der Waals surface area contributed by atoms with Crippen molar-refractivity contribution in [3.8, 4) is 0 Å². The van der Waals surface area contributed by atoms with Crippen LogP contribution in [0.4, 0.5) is 0 Å². The molecule has 63 valence electrons. The van der Waals surface area contributed by atoms with Gasteiger partial charge in [0.2, 0.25) is 0 Å². The Bertz CT molecular complexity index is 137. The molecule has 2 rings (SSSR count). The number of hydrogen-bond acceptors (Lipinski definition) is 3. The number of piperazine rings is 1. The van der Waals surface area contributed by atoms with Gasteiger partial charge in [-0.1, -0.05) is 6.42 Å². The molecule has 0 amide bonds. The molecule has 2 fully saturated rings. The largest absolute Gasteiger partial charge is 0.315 e. The van der Waals surface area contributed by atoms with E-state index >= 15 is 0 Å². The first kappa shape index (κ1) is 7.53. The Morgan fingerprint density at radius 1 is 1.45 bits per heavy atom. The summed E-state index contributed by atoms with van der Waals surface area (Å²) >= 11 is 0. The summed E-state index contributed by atoms with van der Waals surface area (Å²) < 4.78 is 0. The van der Waals surface area contributed by atoms with E-state index in [0.29, 0.717) is 0 Å². The molecule has 2 aliphatic heterocycles. The maximum absolute atomic E-state index is 5.73. The van der Waals surface area contributed by atoms with Gasteiger partial charge in [-0.3, -0.25) is 10.2 Å². The second kappa shape index (κ2) is 3.09. The fourth-order valence-electron chi connectivity index (χ4n) is 1.97. The van der Waals surface area contributed by atoms with Crippen LogP contribution < -0.4 is 11.1 Å². The van der Waals surface area contributed by atoms with Crippen molar-refractivity contribution in [1.29, 1.82) is 0 Å². The predicted octanol–water partition coefficient (Wildman–Crippen LogP) is -0.109. The number of nitrogens with two attached hydrogens (primary N) is 1. The molecule has 2 unspecified atom stereocenters. The maximum atomic E-state index is 5.73. The first-order valence-corrected chi connectivity index (χ1v) is 4.46. The van der Waals surface area contributed by atoms with Crippen molar-refractivity contribution in [3.63, 3.8) is 0 Å². The van der Waals surface area contributed by atoms with Gasteiger partial charge in [-0.25, -0.2) is 0 Å². The lowest BCUT2D eigenvalue weighted by atomic mass is 10.00. The third kappa shape index (κ3) is 1.55. The standard InChI is InChI=1S/C8H16N3/c9-8-6-11-4-2-1-3-7(11)5-10-8/h6-8,10H,1-5,9H2. The van der Waals surface area contributed by atoms with Crippen LogP contribution in [-0.2, 0) is 0 Å². The fraction of sp³-hybridized carbons (Fsp3) is 0.875. The SMILES string of the molecule is NC1[CH]N2CCCCC2CN1. The van der Waals surface area contributed by atoms with Crippen LogP contribution in [0.25, 0.3) is 0 Å². The molecule has 0 bridgehead atoms. The molecule has 0 saturated carbocycles. The Balaban J connectivity index is 1.93. The van der Waals surface area contributed by atoms with Crippen LogP contribution in [0.15, 0.2) is 0 Å². The normalized spacial score (nSPS) is 40.1. The lowest BCUT2D eigenvalue weighted by Crippen LogP contribution is -2.57. The second-order valence-electron chi connectivity index (χ2n) is 3.47. The van der Waals surface area contributed by atoms with Gasteiger partial charge in [-0.2, -0.15) is 0 Å². The number of nitrogens with zero attached hydrogens (tertiary/aromatic N) is 1.